The molecular formula is C14H25F3N2O2. The predicted octanol–water partition coefficient (Wildman–Crippen LogP) is 2.64. The van der Waals surface area contributed by atoms with Gasteiger partial charge in [0.05, 0.1) is 6.54 Å². The molecule has 0 radical (unpaired) electrons. The standard InChI is InChI=1S/C14H25F3N2O2/c1-3-13(12(20)21,18-11-6-7-11)8-5-9-19(4-2)10-14(15,16)17/h11,18H,3-10H2,1-2H3,(H,20,21). The van der Waals surface area contributed by atoms with E-state index in [1.54, 1.807) is 13.8 Å². The molecule has 0 aliphatic heterocycles. The lowest BCUT2D eigenvalue weighted by molar-refractivity contribution is -0.148. The van der Waals surface area contributed by atoms with Crippen LogP contribution in [0.1, 0.15) is 46.0 Å². The fourth-order valence-electron chi connectivity index (χ4n) is 2.50. The van der Waals surface area contributed by atoms with Crippen molar-refractivity contribution >= 4 is 5.97 Å². The molecule has 0 saturated heterocycles. The summed E-state index contributed by atoms with van der Waals surface area (Å²) in [5.41, 5.74) is -1.00. The Morgan fingerprint density at radius 2 is 1.95 bits per heavy atom. The summed E-state index contributed by atoms with van der Waals surface area (Å²) in [5.74, 6) is -0.907. The first kappa shape index (κ1) is 18.2. The Labute approximate surface area is 123 Å². The van der Waals surface area contributed by atoms with Gasteiger partial charge in [-0.05, 0) is 45.2 Å². The molecule has 0 amide bonds. The van der Waals surface area contributed by atoms with Crippen LogP contribution in [-0.2, 0) is 4.79 Å². The van der Waals surface area contributed by atoms with E-state index in [-0.39, 0.29) is 12.6 Å². The highest BCUT2D eigenvalue weighted by molar-refractivity contribution is 5.78. The Hall–Kier alpha value is -0.820. The highest BCUT2D eigenvalue weighted by Crippen LogP contribution is 2.27. The molecule has 1 unspecified atom stereocenters. The van der Waals surface area contributed by atoms with Crippen LogP contribution in [0.3, 0.4) is 0 Å². The first-order valence-corrected chi connectivity index (χ1v) is 7.52. The third-order valence-corrected chi connectivity index (χ3v) is 4.00. The second kappa shape index (κ2) is 7.45. The number of carbonyl (C=O) groups is 1. The molecule has 1 aliphatic rings. The molecule has 21 heavy (non-hydrogen) atoms. The number of hydrogen-bond donors (Lipinski definition) is 2. The SMILES string of the molecule is CCN(CCCC(CC)(NC1CC1)C(=O)O)CC(F)(F)F. The maximum atomic E-state index is 12.4. The molecule has 1 fully saturated rings. The molecule has 0 aromatic heterocycles. The van der Waals surface area contributed by atoms with Crippen LogP contribution < -0.4 is 5.32 Å². The lowest BCUT2D eigenvalue weighted by Gasteiger charge is -2.31. The van der Waals surface area contributed by atoms with Crippen molar-refractivity contribution in [1.29, 1.82) is 0 Å². The summed E-state index contributed by atoms with van der Waals surface area (Å²) in [5, 5.41) is 12.6. The van der Waals surface area contributed by atoms with Gasteiger partial charge in [0.25, 0.3) is 0 Å². The first-order chi connectivity index (χ1) is 9.72. The molecule has 1 saturated carbocycles. The highest BCUT2D eigenvalue weighted by Gasteiger charge is 2.40. The van der Waals surface area contributed by atoms with Gasteiger partial charge < -0.3 is 5.11 Å². The lowest BCUT2D eigenvalue weighted by atomic mass is 9.90. The molecule has 2 N–H and O–H groups in total. The summed E-state index contributed by atoms with van der Waals surface area (Å²) in [4.78, 5) is 12.8. The molecular weight excluding hydrogens is 285 g/mol. The average Bonchev–Trinajstić information content (AvgIpc) is 3.18. The van der Waals surface area contributed by atoms with Gasteiger partial charge in [0.2, 0.25) is 0 Å². The molecule has 0 spiro atoms. The van der Waals surface area contributed by atoms with Gasteiger partial charge in [-0.15, -0.1) is 0 Å². The summed E-state index contributed by atoms with van der Waals surface area (Å²) in [6, 6.07) is 0.249. The van der Waals surface area contributed by atoms with E-state index in [0.29, 0.717) is 25.8 Å². The summed E-state index contributed by atoms with van der Waals surface area (Å²) in [6.45, 7) is 3.11. The predicted molar refractivity (Wildman–Crippen MR) is 74.2 cm³/mol. The van der Waals surface area contributed by atoms with Gasteiger partial charge in [0.15, 0.2) is 0 Å². The van der Waals surface area contributed by atoms with Crippen LogP contribution in [0.5, 0.6) is 0 Å². The Morgan fingerprint density at radius 3 is 2.33 bits per heavy atom. The molecule has 0 heterocycles. The first-order valence-electron chi connectivity index (χ1n) is 7.52. The average molecular weight is 310 g/mol. The second-order valence-electron chi connectivity index (χ2n) is 5.75. The Balaban J connectivity index is 2.50. The van der Waals surface area contributed by atoms with Crippen LogP contribution in [0.4, 0.5) is 13.2 Å². The zero-order chi connectivity index (χ0) is 16.1. The molecule has 7 heteroatoms. The molecule has 0 aromatic carbocycles. The Kier molecular flexibility index (Phi) is 6.46. The minimum atomic E-state index is -4.21. The van der Waals surface area contributed by atoms with Crippen LogP contribution >= 0.6 is 0 Å². The maximum Gasteiger partial charge on any atom is 0.401 e. The van der Waals surface area contributed by atoms with E-state index in [1.165, 1.54) is 4.90 Å². The van der Waals surface area contributed by atoms with E-state index in [0.717, 1.165) is 12.8 Å². The number of rotatable bonds is 10. The van der Waals surface area contributed by atoms with Crippen molar-refractivity contribution in [2.24, 2.45) is 0 Å². The molecule has 124 valence electrons. The van der Waals surface area contributed by atoms with Gasteiger partial charge in [-0.25, -0.2) is 0 Å². The molecule has 1 atom stereocenters. The fraction of sp³-hybridized carbons (Fsp3) is 0.929. The van der Waals surface area contributed by atoms with Crippen molar-refractivity contribution in [3.8, 4) is 0 Å². The van der Waals surface area contributed by atoms with E-state index in [2.05, 4.69) is 5.32 Å². The van der Waals surface area contributed by atoms with Gasteiger partial charge in [0.1, 0.15) is 5.54 Å². The minimum absolute atomic E-state index is 0.249. The second-order valence-corrected chi connectivity index (χ2v) is 5.75. The monoisotopic (exact) mass is 310 g/mol. The Morgan fingerprint density at radius 1 is 1.33 bits per heavy atom. The van der Waals surface area contributed by atoms with E-state index in [4.69, 9.17) is 0 Å². The molecule has 4 nitrogen and oxygen atoms in total. The molecule has 0 bridgehead atoms. The zero-order valence-corrected chi connectivity index (χ0v) is 12.7. The third kappa shape index (κ3) is 6.22. The molecule has 1 aliphatic carbocycles. The van der Waals surface area contributed by atoms with Crippen LogP contribution in [0.25, 0.3) is 0 Å². The zero-order valence-electron chi connectivity index (χ0n) is 12.7. The normalized spacial score (nSPS) is 18.8. The van der Waals surface area contributed by atoms with Crippen LogP contribution in [0, 0.1) is 0 Å². The van der Waals surface area contributed by atoms with Gasteiger partial charge >= 0.3 is 12.1 Å². The summed E-state index contributed by atoms with van der Waals surface area (Å²) < 4.78 is 37.1. The number of halogens is 3. The lowest BCUT2D eigenvalue weighted by Crippen LogP contribution is -2.53. The number of alkyl halides is 3. The van der Waals surface area contributed by atoms with Gasteiger partial charge in [-0.2, -0.15) is 13.2 Å². The number of aliphatic carboxylic acids is 1. The van der Waals surface area contributed by atoms with Crippen LogP contribution in [-0.4, -0.2) is 53.4 Å². The van der Waals surface area contributed by atoms with Gasteiger partial charge in [-0.3, -0.25) is 15.0 Å². The van der Waals surface area contributed by atoms with Crippen LogP contribution in [0.15, 0.2) is 0 Å². The molecule has 0 aromatic rings. The summed E-state index contributed by atoms with van der Waals surface area (Å²) in [6.07, 6.45) is -1.04. The maximum absolute atomic E-state index is 12.4. The smallest absolute Gasteiger partial charge is 0.401 e. The van der Waals surface area contributed by atoms with E-state index in [1.807, 2.05) is 0 Å². The number of nitrogens with zero attached hydrogens (tertiary/aromatic N) is 1. The van der Waals surface area contributed by atoms with E-state index >= 15 is 0 Å². The van der Waals surface area contributed by atoms with Crippen LogP contribution in [0.2, 0.25) is 0 Å². The number of nitrogens with one attached hydrogen (secondary N) is 1. The number of hydrogen-bond acceptors (Lipinski definition) is 3. The quantitative estimate of drug-likeness (QED) is 0.651. The minimum Gasteiger partial charge on any atom is -0.480 e. The van der Waals surface area contributed by atoms with Gasteiger partial charge in [-0.1, -0.05) is 13.8 Å². The van der Waals surface area contributed by atoms with Crippen molar-refractivity contribution in [1.82, 2.24) is 10.2 Å². The largest absolute Gasteiger partial charge is 0.480 e. The van der Waals surface area contributed by atoms with Crippen molar-refractivity contribution in [2.75, 3.05) is 19.6 Å². The number of carboxylic acid groups (broad SMARTS) is 1. The number of carboxylic acids is 1. The third-order valence-electron chi connectivity index (χ3n) is 4.00. The highest BCUT2D eigenvalue weighted by atomic mass is 19.4. The van der Waals surface area contributed by atoms with Crippen molar-refractivity contribution < 1.29 is 23.1 Å². The van der Waals surface area contributed by atoms with E-state index < -0.39 is 24.2 Å². The topological polar surface area (TPSA) is 52.6 Å². The van der Waals surface area contributed by atoms with Crippen molar-refractivity contribution in [3.63, 3.8) is 0 Å². The van der Waals surface area contributed by atoms with Gasteiger partial charge in [0, 0.05) is 6.04 Å². The molecule has 1 rings (SSSR count). The van der Waals surface area contributed by atoms with E-state index in [9.17, 15) is 23.1 Å². The van der Waals surface area contributed by atoms with Crippen molar-refractivity contribution in [2.45, 2.75) is 63.7 Å². The summed E-state index contributed by atoms with van der Waals surface area (Å²) in [7, 11) is 0. The Bertz CT molecular complexity index is 346. The fourth-order valence-corrected chi connectivity index (χ4v) is 2.50. The van der Waals surface area contributed by atoms with Crippen molar-refractivity contribution in [3.05, 3.63) is 0 Å². The summed E-state index contributed by atoms with van der Waals surface area (Å²) >= 11 is 0.